The van der Waals surface area contributed by atoms with Gasteiger partial charge in [-0.2, -0.15) is 0 Å². The fourth-order valence-corrected chi connectivity index (χ4v) is 4.09. The van der Waals surface area contributed by atoms with Crippen LogP contribution in [0.2, 0.25) is 5.02 Å². The summed E-state index contributed by atoms with van der Waals surface area (Å²) in [6, 6.07) is 16.5. The van der Waals surface area contributed by atoms with Gasteiger partial charge < -0.3 is 4.74 Å². The first-order valence-electron chi connectivity index (χ1n) is 8.55. The van der Waals surface area contributed by atoms with Crippen molar-refractivity contribution in [1.29, 1.82) is 0 Å². The molecular weight excluding hydrogens is 394 g/mol. The quantitative estimate of drug-likeness (QED) is 0.454. The van der Waals surface area contributed by atoms with Crippen LogP contribution in [-0.2, 0) is 6.54 Å². The van der Waals surface area contributed by atoms with Crippen LogP contribution in [0.5, 0.6) is 5.75 Å². The Kier molecular flexibility index (Phi) is 5.23. The number of pyridine rings is 1. The maximum atomic E-state index is 13.4. The molecule has 0 aliphatic rings. The number of amides is 1. The fraction of sp³-hybridized carbons (Fsp3) is 0.0952. The van der Waals surface area contributed by atoms with Crippen molar-refractivity contribution in [3.8, 4) is 5.75 Å². The van der Waals surface area contributed by atoms with Crippen molar-refractivity contribution in [2.75, 3.05) is 12.0 Å². The first-order valence-corrected chi connectivity index (χ1v) is 9.75. The van der Waals surface area contributed by atoms with Gasteiger partial charge in [-0.1, -0.05) is 41.1 Å². The van der Waals surface area contributed by atoms with Crippen LogP contribution in [0.4, 0.5) is 5.13 Å². The molecule has 4 aromatic rings. The minimum absolute atomic E-state index is 0.169. The topological polar surface area (TPSA) is 55.3 Å². The molecule has 0 unspecified atom stereocenters. The lowest BCUT2D eigenvalue weighted by molar-refractivity contribution is 0.0985. The van der Waals surface area contributed by atoms with Gasteiger partial charge >= 0.3 is 0 Å². The Labute approximate surface area is 171 Å². The Morgan fingerprint density at radius 2 is 2.04 bits per heavy atom. The first kappa shape index (κ1) is 18.4. The number of carbonyl (C=O) groups is 1. The van der Waals surface area contributed by atoms with Gasteiger partial charge in [-0.25, -0.2) is 4.98 Å². The molecule has 28 heavy (non-hydrogen) atoms. The molecule has 5 nitrogen and oxygen atoms in total. The molecule has 2 aromatic heterocycles. The molecule has 2 heterocycles. The third kappa shape index (κ3) is 3.69. The largest absolute Gasteiger partial charge is 0.497 e. The summed E-state index contributed by atoms with van der Waals surface area (Å²) < 4.78 is 6.19. The number of methoxy groups -OCH3 is 1. The normalized spacial score (nSPS) is 10.8. The van der Waals surface area contributed by atoms with Crippen LogP contribution in [0.1, 0.15) is 15.9 Å². The number of fused-ring (bicyclic) bond motifs is 1. The van der Waals surface area contributed by atoms with E-state index in [1.165, 1.54) is 11.3 Å². The van der Waals surface area contributed by atoms with Gasteiger partial charge in [-0.15, -0.1) is 0 Å². The molecule has 0 aliphatic carbocycles. The lowest BCUT2D eigenvalue weighted by Crippen LogP contribution is -2.30. The number of hydrogen-bond acceptors (Lipinski definition) is 5. The van der Waals surface area contributed by atoms with Crippen molar-refractivity contribution >= 4 is 44.2 Å². The second-order valence-corrected chi connectivity index (χ2v) is 7.48. The van der Waals surface area contributed by atoms with E-state index in [2.05, 4.69) is 9.97 Å². The van der Waals surface area contributed by atoms with E-state index in [9.17, 15) is 4.79 Å². The molecule has 0 saturated carbocycles. The van der Waals surface area contributed by atoms with E-state index in [1.54, 1.807) is 54.7 Å². The van der Waals surface area contributed by atoms with E-state index in [4.69, 9.17) is 16.3 Å². The van der Waals surface area contributed by atoms with E-state index in [1.807, 2.05) is 24.3 Å². The van der Waals surface area contributed by atoms with Gasteiger partial charge in [0.2, 0.25) is 0 Å². The summed E-state index contributed by atoms with van der Waals surface area (Å²) in [5.41, 5.74) is 2.12. The third-order valence-electron chi connectivity index (χ3n) is 4.21. The van der Waals surface area contributed by atoms with E-state index in [-0.39, 0.29) is 5.91 Å². The summed E-state index contributed by atoms with van der Waals surface area (Å²) in [6.07, 6.45) is 3.45. The fourth-order valence-electron chi connectivity index (χ4n) is 2.83. The van der Waals surface area contributed by atoms with Crippen molar-refractivity contribution in [2.24, 2.45) is 0 Å². The Morgan fingerprint density at radius 3 is 2.79 bits per heavy atom. The summed E-state index contributed by atoms with van der Waals surface area (Å²) in [5, 5.41) is 1.15. The van der Waals surface area contributed by atoms with E-state index >= 15 is 0 Å². The molecule has 0 atom stereocenters. The number of aromatic nitrogens is 2. The monoisotopic (exact) mass is 409 g/mol. The molecule has 2 aromatic carbocycles. The van der Waals surface area contributed by atoms with E-state index < -0.39 is 0 Å². The molecule has 0 bridgehead atoms. The SMILES string of the molecule is COc1cccc(C(=O)N(Cc2cccnc2)c2nc3c(Cl)cccc3s2)c1. The molecule has 0 fully saturated rings. The van der Waals surface area contributed by atoms with Gasteiger partial charge in [-0.05, 0) is 42.0 Å². The average Bonchev–Trinajstić information content (AvgIpc) is 3.18. The van der Waals surface area contributed by atoms with Gasteiger partial charge in [0.1, 0.15) is 11.3 Å². The number of thiazole rings is 1. The standard InChI is InChI=1S/C21H16ClN3O2S/c1-27-16-7-2-6-15(11-16)20(26)25(13-14-5-4-10-23-12-14)21-24-19-17(22)8-3-9-18(19)28-21/h2-12H,13H2,1H3. The van der Waals surface area contributed by atoms with Crippen molar-refractivity contribution in [3.05, 3.63) is 83.1 Å². The lowest BCUT2D eigenvalue weighted by Gasteiger charge is -2.20. The molecule has 0 saturated heterocycles. The molecule has 0 N–H and O–H groups in total. The predicted molar refractivity (Wildman–Crippen MR) is 112 cm³/mol. The summed E-state index contributed by atoms with van der Waals surface area (Å²) in [5.74, 6) is 0.456. The van der Waals surface area contributed by atoms with Gasteiger partial charge in [0, 0.05) is 18.0 Å². The Hall–Kier alpha value is -2.96. The van der Waals surface area contributed by atoms with Crippen LogP contribution in [-0.4, -0.2) is 23.0 Å². The van der Waals surface area contributed by atoms with Gasteiger partial charge in [0.25, 0.3) is 5.91 Å². The second kappa shape index (κ2) is 7.96. The van der Waals surface area contributed by atoms with Crippen LogP contribution >= 0.6 is 22.9 Å². The van der Waals surface area contributed by atoms with Crippen LogP contribution < -0.4 is 9.64 Å². The average molecular weight is 410 g/mol. The minimum Gasteiger partial charge on any atom is -0.497 e. The van der Waals surface area contributed by atoms with Crippen LogP contribution in [0, 0.1) is 0 Å². The highest BCUT2D eigenvalue weighted by Gasteiger charge is 2.22. The van der Waals surface area contributed by atoms with Crippen molar-refractivity contribution in [1.82, 2.24) is 9.97 Å². The Bertz CT molecular complexity index is 1130. The number of rotatable bonds is 5. The zero-order chi connectivity index (χ0) is 19.5. The number of anilines is 1. The molecule has 0 spiro atoms. The molecule has 140 valence electrons. The number of carbonyl (C=O) groups excluding carboxylic acids is 1. The number of halogens is 1. The highest BCUT2D eigenvalue weighted by atomic mass is 35.5. The van der Waals surface area contributed by atoms with Gasteiger partial charge in [0.15, 0.2) is 5.13 Å². The predicted octanol–water partition coefficient (Wildman–Crippen LogP) is 5.20. The number of nitrogens with zero attached hydrogens (tertiary/aromatic N) is 3. The zero-order valence-electron chi connectivity index (χ0n) is 15.0. The summed E-state index contributed by atoms with van der Waals surface area (Å²) >= 11 is 7.72. The molecule has 4 rings (SSSR count). The minimum atomic E-state index is -0.169. The Balaban J connectivity index is 1.78. The zero-order valence-corrected chi connectivity index (χ0v) is 16.6. The smallest absolute Gasteiger partial charge is 0.260 e. The molecule has 0 radical (unpaired) electrons. The van der Waals surface area contributed by atoms with E-state index in [0.29, 0.717) is 33.5 Å². The van der Waals surface area contributed by atoms with Crippen LogP contribution in [0.3, 0.4) is 0 Å². The van der Waals surface area contributed by atoms with E-state index in [0.717, 1.165) is 10.3 Å². The van der Waals surface area contributed by atoms with Crippen molar-refractivity contribution < 1.29 is 9.53 Å². The highest BCUT2D eigenvalue weighted by Crippen LogP contribution is 2.34. The van der Waals surface area contributed by atoms with Crippen molar-refractivity contribution in [3.63, 3.8) is 0 Å². The van der Waals surface area contributed by atoms with Crippen LogP contribution in [0.15, 0.2) is 67.0 Å². The number of hydrogen-bond donors (Lipinski definition) is 0. The molecule has 0 aliphatic heterocycles. The maximum absolute atomic E-state index is 13.4. The van der Waals surface area contributed by atoms with Crippen LogP contribution in [0.25, 0.3) is 10.2 Å². The lowest BCUT2D eigenvalue weighted by atomic mass is 10.1. The third-order valence-corrected chi connectivity index (χ3v) is 5.56. The van der Waals surface area contributed by atoms with Gasteiger partial charge in [-0.3, -0.25) is 14.7 Å². The highest BCUT2D eigenvalue weighted by molar-refractivity contribution is 7.22. The number of para-hydroxylation sites is 1. The van der Waals surface area contributed by atoms with Gasteiger partial charge in [0.05, 0.1) is 23.4 Å². The Morgan fingerprint density at radius 1 is 1.18 bits per heavy atom. The molecule has 7 heteroatoms. The molecular formula is C21H16ClN3O2S. The van der Waals surface area contributed by atoms with Crippen molar-refractivity contribution in [2.45, 2.75) is 6.54 Å². The maximum Gasteiger partial charge on any atom is 0.260 e. The summed E-state index contributed by atoms with van der Waals surface area (Å²) in [4.78, 5) is 23.8. The summed E-state index contributed by atoms with van der Waals surface area (Å²) in [7, 11) is 1.58. The second-order valence-electron chi connectivity index (χ2n) is 6.07. The number of benzene rings is 2. The number of ether oxygens (including phenoxy) is 1. The summed E-state index contributed by atoms with van der Waals surface area (Å²) in [6.45, 7) is 0.349. The molecule has 1 amide bonds. The first-order chi connectivity index (χ1) is 13.7.